The number of amides is 2. The number of aromatic nitrogens is 3. The minimum absolute atomic E-state index is 0.000812. The van der Waals surface area contributed by atoms with Crippen LogP contribution < -0.4 is 4.74 Å². The first kappa shape index (κ1) is 28.3. The predicted molar refractivity (Wildman–Crippen MR) is 144 cm³/mol. The fourth-order valence-electron chi connectivity index (χ4n) is 7.09. The van der Waals surface area contributed by atoms with Crippen molar-refractivity contribution in [3.05, 3.63) is 39.4 Å². The Morgan fingerprint density at radius 3 is 2.71 bits per heavy atom. The van der Waals surface area contributed by atoms with Gasteiger partial charge in [-0.2, -0.15) is 0 Å². The summed E-state index contributed by atoms with van der Waals surface area (Å²) in [7, 11) is 1.36. The van der Waals surface area contributed by atoms with Gasteiger partial charge in [0.15, 0.2) is 11.6 Å². The molecule has 1 saturated heterocycles. The lowest BCUT2D eigenvalue weighted by Crippen LogP contribution is -2.49. The van der Waals surface area contributed by atoms with Crippen LogP contribution in [0.1, 0.15) is 86.9 Å². The Morgan fingerprint density at radius 1 is 1.27 bits per heavy atom. The van der Waals surface area contributed by atoms with Crippen LogP contribution in [0.2, 0.25) is 5.02 Å². The standard InChI is InChI=1S/C29H35ClF3N5O3/c1-16-5-3-4-6-17(16)28(40)38-10-7-18-19(30)11-20(31)26(41-14-21-25(27(32)33)36(2)35-34-21)24(18)22(38)13-37-15-29(8-9-29)12-23(37)39/h11,16-17,22,27H,3-10,12-15H2,1-2H3/t16-,17+,22+/m0/s1. The van der Waals surface area contributed by atoms with Gasteiger partial charge in [0.2, 0.25) is 11.8 Å². The third-order valence-electron chi connectivity index (χ3n) is 9.61. The highest BCUT2D eigenvalue weighted by Gasteiger charge is 2.52. The molecule has 0 N–H and O–H groups in total. The molecule has 0 unspecified atom stereocenters. The van der Waals surface area contributed by atoms with E-state index in [-0.39, 0.29) is 52.1 Å². The first-order valence-corrected chi connectivity index (χ1v) is 14.8. The van der Waals surface area contributed by atoms with E-state index >= 15 is 4.39 Å². The van der Waals surface area contributed by atoms with E-state index < -0.39 is 30.6 Å². The highest BCUT2D eigenvalue weighted by atomic mass is 35.5. The smallest absolute Gasteiger partial charge is 0.282 e. The minimum atomic E-state index is -2.84. The van der Waals surface area contributed by atoms with Crippen molar-refractivity contribution >= 4 is 23.4 Å². The van der Waals surface area contributed by atoms with Gasteiger partial charge in [0.25, 0.3) is 6.43 Å². The summed E-state index contributed by atoms with van der Waals surface area (Å²) >= 11 is 6.57. The number of carbonyl (C=O) groups excluding carboxylic acids is 2. The van der Waals surface area contributed by atoms with Crippen molar-refractivity contribution in [2.45, 2.75) is 77.4 Å². The Labute approximate surface area is 242 Å². The summed E-state index contributed by atoms with van der Waals surface area (Å²) in [6.07, 6.45) is 3.85. The second-order valence-corrected chi connectivity index (χ2v) is 12.7. The number of alkyl halides is 2. The number of benzene rings is 1. The SMILES string of the molecule is C[C@H]1CCCC[C@H]1C(=O)N1CCc2c(Cl)cc(F)c(OCc3nnn(C)c3C(F)F)c2[C@H]1CN1CC2(CC2)CC1=O. The van der Waals surface area contributed by atoms with Gasteiger partial charge in [-0.25, -0.2) is 17.9 Å². The van der Waals surface area contributed by atoms with Crippen LogP contribution in [-0.2, 0) is 29.7 Å². The van der Waals surface area contributed by atoms with Crippen molar-refractivity contribution in [3.63, 3.8) is 0 Å². The molecule has 1 aromatic heterocycles. The Bertz CT molecular complexity index is 1360. The van der Waals surface area contributed by atoms with Crippen LogP contribution in [0, 0.1) is 23.1 Å². The molecular formula is C29H35ClF3N5O3. The summed E-state index contributed by atoms with van der Waals surface area (Å²) in [5.41, 5.74) is 0.551. The second-order valence-electron chi connectivity index (χ2n) is 12.3. The molecule has 1 spiro atoms. The van der Waals surface area contributed by atoms with Gasteiger partial charge in [0.1, 0.15) is 18.0 Å². The zero-order valence-corrected chi connectivity index (χ0v) is 24.1. The molecule has 8 nitrogen and oxygen atoms in total. The zero-order valence-electron chi connectivity index (χ0n) is 23.3. The van der Waals surface area contributed by atoms with Crippen LogP contribution in [0.3, 0.4) is 0 Å². The van der Waals surface area contributed by atoms with E-state index in [1.54, 1.807) is 9.80 Å². The fourth-order valence-corrected chi connectivity index (χ4v) is 7.38. The van der Waals surface area contributed by atoms with Gasteiger partial charge in [-0.15, -0.1) is 5.10 Å². The highest BCUT2D eigenvalue weighted by Crippen LogP contribution is 2.54. The number of halogens is 4. The van der Waals surface area contributed by atoms with Gasteiger partial charge in [-0.3, -0.25) is 9.59 Å². The number of carbonyl (C=O) groups is 2. The van der Waals surface area contributed by atoms with Crippen LogP contribution in [-0.4, -0.2) is 56.2 Å². The van der Waals surface area contributed by atoms with E-state index in [1.165, 1.54) is 13.1 Å². The van der Waals surface area contributed by atoms with Crippen LogP contribution >= 0.6 is 11.6 Å². The number of nitrogens with zero attached hydrogens (tertiary/aromatic N) is 5. The summed E-state index contributed by atoms with van der Waals surface area (Å²) in [5, 5.41) is 7.69. The van der Waals surface area contributed by atoms with Crippen molar-refractivity contribution < 1.29 is 27.5 Å². The van der Waals surface area contributed by atoms with Crippen molar-refractivity contribution in [1.82, 2.24) is 24.8 Å². The second kappa shape index (κ2) is 10.8. The van der Waals surface area contributed by atoms with Gasteiger partial charge in [0.05, 0.1) is 6.04 Å². The lowest BCUT2D eigenvalue weighted by molar-refractivity contribution is -0.143. The summed E-state index contributed by atoms with van der Waals surface area (Å²) in [4.78, 5) is 30.8. The van der Waals surface area contributed by atoms with E-state index in [4.69, 9.17) is 16.3 Å². The maximum atomic E-state index is 15.7. The molecule has 0 bridgehead atoms. The number of aryl methyl sites for hydroxylation is 1. The van der Waals surface area contributed by atoms with E-state index in [9.17, 15) is 18.4 Å². The van der Waals surface area contributed by atoms with Crippen molar-refractivity contribution in [2.75, 3.05) is 19.6 Å². The average molecular weight is 594 g/mol. The largest absolute Gasteiger partial charge is 0.484 e. The Morgan fingerprint density at radius 2 is 2.02 bits per heavy atom. The molecule has 41 heavy (non-hydrogen) atoms. The molecule has 3 fully saturated rings. The Balaban J connectivity index is 1.39. The molecule has 6 rings (SSSR count). The van der Waals surface area contributed by atoms with Crippen molar-refractivity contribution in [3.8, 4) is 5.75 Å². The molecule has 2 aliphatic carbocycles. The molecule has 1 aromatic carbocycles. The molecule has 12 heteroatoms. The number of fused-ring (bicyclic) bond motifs is 1. The molecule has 2 amide bonds. The molecule has 3 atom stereocenters. The topological polar surface area (TPSA) is 80.6 Å². The number of likely N-dealkylation sites (tertiary alicyclic amines) is 1. The number of ether oxygens (including phenoxy) is 1. The summed E-state index contributed by atoms with van der Waals surface area (Å²) in [6.45, 7) is 2.85. The van der Waals surface area contributed by atoms with E-state index in [0.29, 0.717) is 37.1 Å². The van der Waals surface area contributed by atoms with E-state index in [2.05, 4.69) is 17.2 Å². The number of hydrogen-bond donors (Lipinski definition) is 0. The van der Waals surface area contributed by atoms with Crippen LogP contribution in [0.25, 0.3) is 0 Å². The predicted octanol–water partition coefficient (Wildman–Crippen LogP) is 5.39. The molecule has 2 aliphatic heterocycles. The molecule has 3 heterocycles. The highest BCUT2D eigenvalue weighted by molar-refractivity contribution is 6.31. The van der Waals surface area contributed by atoms with Gasteiger partial charge in [-0.05, 0) is 55.1 Å². The molecule has 4 aliphatic rings. The lowest BCUT2D eigenvalue weighted by Gasteiger charge is -2.43. The number of hydrogen-bond acceptors (Lipinski definition) is 5. The minimum Gasteiger partial charge on any atom is -0.484 e. The third-order valence-corrected chi connectivity index (χ3v) is 9.95. The molecule has 222 valence electrons. The number of rotatable bonds is 7. The molecule has 2 saturated carbocycles. The Hall–Kier alpha value is -2.82. The van der Waals surface area contributed by atoms with Gasteiger partial charge >= 0.3 is 0 Å². The summed E-state index contributed by atoms with van der Waals surface area (Å²) in [5.74, 6) is -0.814. The quantitative estimate of drug-likeness (QED) is 0.430. The average Bonchev–Trinajstić information content (AvgIpc) is 3.46. The lowest BCUT2D eigenvalue weighted by atomic mass is 9.78. The third kappa shape index (κ3) is 5.19. The van der Waals surface area contributed by atoms with Gasteiger partial charge in [-0.1, -0.05) is 36.6 Å². The van der Waals surface area contributed by atoms with Crippen LogP contribution in [0.15, 0.2) is 6.07 Å². The normalized spacial score (nSPS) is 25.2. The van der Waals surface area contributed by atoms with Gasteiger partial charge < -0.3 is 14.5 Å². The first-order chi connectivity index (χ1) is 19.6. The summed E-state index contributed by atoms with van der Waals surface area (Å²) in [6, 6.07) is 0.483. The van der Waals surface area contributed by atoms with E-state index in [1.807, 2.05) is 0 Å². The molecular weight excluding hydrogens is 559 g/mol. The maximum absolute atomic E-state index is 15.7. The summed E-state index contributed by atoms with van der Waals surface area (Å²) < 4.78 is 49.9. The van der Waals surface area contributed by atoms with E-state index in [0.717, 1.165) is 43.2 Å². The van der Waals surface area contributed by atoms with Crippen LogP contribution in [0.5, 0.6) is 5.75 Å². The Kier molecular flexibility index (Phi) is 7.45. The molecule has 2 aromatic rings. The zero-order chi connectivity index (χ0) is 29.1. The first-order valence-electron chi connectivity index (χ1n) is 14.5. The maximum Gasteiger partial charge on any atom is 0.282 e. The van der Waals surface area contributed by atoms with Crippen LogP contribution in [0.4, 0.5) is 13.2 Å². The van der Waals surface area contributed by atoms with Crippen molar-refractivity contribution in [1.29, 1.82) is 0 Å². The fraction of sp³-hybridized carbons (Fsp3) is 0.655. The van der Waals surface area contributed by atoms with Crippen molar-refractivity contribution in [2.24, 2.45) is 24.3 Å². The monoisotopic (exact) mass is 593 g/mol. The van der Waals surface area contributed by atoms with Gasteiger partial charge in [0, 0.05) is 49.6 Å². The molecule has 0 radical (unpaired) electrons.